The van der Waals surface area contributed by atoms with Gasteiger partial charge in [-0.25, -0.2) is 0 Å². The third-order valence-electron chi connectivity index (χ3n) is 5.31. The lowest BCUT2D eigenvalue weighted by Crippen LogP contribution is -2.47. The molecule has 0 fully saturated rings. The maximum absolute atomic E-state index is 12.9. The first-order valence-electron chi connectivity index (χ1n) is 9.61. The number of amides is 1. The number of hydrogen-bond acceptors (Lipinski definition) is 6. The Hall–Kier alpha value is -3.06. The molecule has 1 amide bonds. The van der Waals surface area contributed by atoms with Gasteiger partial charge in [0.2, 0.25) is 12.4 Å². The highest BCUT2D eigenvalue weighted by Gasteiger charge is 2.42. The summed E-state index contributed by atoms with van der Waals surface area (Å²) in [7, 11) is 3.96. The molecule has 0 bridgehead atoms. The molecule has 0 spiro atoms. The number of ether oxygens (including phenoxy) is 2. The van der Waals surface area contributed by atoms with Gasteiger partial charge in [0, 0.05) is 13.0 Å². The SMILES string of the molecule is CN(C)[C@H](CNC(=O)[C@@]1(C)CC(c2ccccc2)=NO1)c1ccc2c(c1)OCO2. The van der Waals surface area contributed by atoms with Crippen LogP contribution in [0.4, 0.5) is 0 Å². The highest BCUT2D eigenvalue weighted by Crippen LogP contribution is 2.35. The molecule has 2 aromatic carbocycles. The van der Waals surface area contributed by atoms with Crippen LogP contribution in [0.25, 0.3) is 0 Å². The van der Waals surface area contributed by atoms with Gasteiger partial charge < -0.3 is 24.5 Å². The van der Waals surface area contributed by atoms with Gasteiger partial charge >= 0.3 is 0 Å². The smallest absolute Gasteiger partial charge is 0.267 e. The predicted octanol–water partition coefficient (Wildman–Crippen LogP) is 2.72. The standard InChI is InChI=1S/C22H25N3O4/c1-22(12-17(24-29-22)15-7-5-4-6-8-15)21(26)23-13-18(25(2)3)16-9-10-19-20(11-16)28-14-27-19/h4-11,18H,12-14H2,1-3H3,(H,23,26)/t18-,22-/m1/s1. The van der Waals surface area contributed by atoms with E-state index in [1.165, 1.54) is 0 Å². The van der Waals surface area contributed by atoms with Gasteiger partial charge in [0.25, 0.3) is 5.91 Å². The van der Waals surface area contributed by atoms with Gasteiger partial charge in [-0.3, -0.25) is 4.79 Å². The van der Waals surface area contributed by atoms with Crippen LogP contribution in [0, 0.1) is 0 Å². The number of benzene rings is 2. The van der Waals surface area contributed by atoms with E-state index in [0.29, 0.717) is 13.0 Å². The molecule has 7 nitrogen and oxygen atoms in total. The first kappa shape index (κ1) is 19.3. The number of nitrogens with zero attached hydrogens (tertiary/aromatic N) is 2. The minimum absolute atomic E-state index is 0.0204. The Balaban J connectivity index is 1.41. The van der Waals surface area contributed by atoms with Crippen molar-refractivity contribution in [3.05, 3.63) is 59.7 Å². The van der Waals surface area contributed by atoms with Gasteiger partial charge in [-0.1, -0.05) is 41.6 Å². The van der Waals surface area contributed by atoms with Gasteiger partial charge in [-0.05, 0) is 44.3 Å². The van der Waals surface area contributed by atoms with E-state index in [9.17, 15) is 4.79 Å². The van der Waals surface area contributed by atoms with E-state index in [1.54, 1.807) is 6.92 Å². The van der Waals surface area contributed by atoms with Crippen molar-refractivity contribution in [3.8, 4) is 11.5 Å². The molecule has 29 heavy (non-hydrogen) atoms. The normalized spacial score (nSPS) is 20.9. The van der Waals surface area contributed by atoms with Gasteiger partial charge in [0.1, 0.15) is 0 Å². The van der Waals surface area contributed by atoms with Crippen molar-refractivity contribution < 1.29 is 19.1 Å². The number of hydrogen-bond donors (Lipinski definition) is 1. The van der Waals surface area contributed by atoms with Crippen molar-refractivity contribution in [1.82, 2.24) is 10.2 Å². The molecule has 2 aromatic rings. The zero-order valence-electron chi connectivity index (χ0n) is 16.8. The third kappa shape index (κ3) is 3.91. The summed E-state index contributed by atoms with van der Waals surface area (Å²) in [5.74, 6) is 1.29. The van der Waals surface area contributed by atoms with Crippen LogP contribution in [0.3, 0.4) is 0 Å². The molecule has 2 atom stereocenters. The summed E-state index contributed by atoms with van der Waals surface area (Å²) < 4.78 is 10.9. The van der Waals surface area contributed by atoms with Crippen LogP contribution in [0.1, 0.15) is 30.5 Å². The molecule has 0 saturated heterocycles. The highest BCUT2D eigenvalue weighted by atomic mass is 16.7. The molecule has 0 aromatic heterocycles. The molecule has 0 radical (unpaired) electrons. The molecule has 152 valence electrons. The van der Waals surface area contributed by atoms with E-state index in [1.807, 2.05) is 62.6 Å². The molecule has 2 heterocycles. The number of fused-ring (bicyclic) bond motifs is 1. The summed E-state index contributed by atoms with van der Waals surface area (Å²) in [6, 6.07) is 15.6. The lowest BCUT2D eigenvalue weighted by molar-refractivity contribution is -0.141. The molecular formula is C22H25N3O4. The van der Waals surface area contributed by atoms with Crippen LogP contribution >= 0.6 is 0 Å². The van der Waals surface area contributed by atoms with Crippen LogP contribution in [0.2, 0.25) is 0 Å². The number of carbonyl (C=O) groups excluding carboxylic acids is 1. The van der Waals surface area contributed by atoms with Crippen LogP contribution in [0.15, 0.2) is 53.7 Å². The predicted molar refractivity (Wildman–Crippen MR) is 109 cm³/mol. The van der Waals surface area contributed by atoms with Crippen molar-refractivity contribution in [2.75, 3.05) is 27.4 Å². The van der Waals surface area contributed by atoms with Crippen LogP contribution in [0.5, 0.6) is 11.5 Å². The quantitative estimate of drug-likeness (QED) is 0.814. The average molecular weight is 395 g/mol. The summed E-state index contributed by atoms with van der Waals surface area (Å²) >= 11 is 0. The Labute approximate surface area is 170 Å². The number of rotatable bonds is 6. The van der Waals surface area contributed by atoms with Crippen molar-refractivity contribution in [1.29, 1.82) is 0 Å². The second-order valence-electron chi connectivity index (χ2n) is 7.71. The van der Waals surface area contributed by atoms with E-state index >= 15 is 0 Å². The molecule has 0 unspecified atom stereocenters. The van der Waals surface area contributed by atoms with Crippen molar-refractivity contribution in [3.63, 3.8) is 0 Å². The second kappa shape index (κ2) is 7.75. The second-order valence-corrected chi connectivity index (χ2v) is 7.71. The Morgan fingerprint density at radius 2 is 1.93 bits per heavy atom. The molecule has 1 N–H and O–H groups in total. The number of likely N-dealkylation sites (N-methyl/N-ethyl adjacent to an activating group) is 1. The van der Waals surface area contributed by atoms with Gasteiger partial charge in [0.05, 0.1) is 11.8 Å². The third-order valence-corrected chi connectivity index (χ3v) is 5.31. The van der Waals surface area contributed by atoms with Crippen molar-refractivity contribution >= 4 is 11.6 Å². The maximum atomic E-state index is 12.9. The fraction of sp³-hybridized carbons (Fsp3) is 0.364. The molecule has 2 aliphatic rings. The van der Waals surface area contributed by atoms with E-state index in [2.05, 4.69) is 15.4 Å². The Bertz CT molecular complexity index is 929. The van der Waals surface area contributed by atoms with Crippen LogP contribution in [-0.2, 0) is 9.63 Å². The maximum Gasteiger partial charge on any atom is 0.267 e. The molecule has 2 aliphatic heterocycles. The summed E-state index contributed by atoms with van der Waals surface area (Å²) in [6.45, 7) is 2.44. The summed E-state index contributed by atoms with van der Waals surface area (Å²) in [6.07, 6.45) is 0.430. The van der Waals surface area contributed by atoms with Crippen LogP contribution < -0.4 is 14.8 Å². The molecule has 4 rings (SSSR count). The Morgan fingerprint density at radius 3 is 2.69 bits per heavy atom. The van der Waals surface area contributed by atoms with E-state index in [4.69, 9.17) is 14.3 Å². The van der Waals surface area contributed by atoms with E-state index < -0.39 is 5.60 Å². The summed E-state index contributed by atoms with van der Waals surface area (Å²) in [5.41, 5.74) is 1.77. The zero-order valence-corrected chi connectivity index (χ0v) is 16.8. The summed E-state index contributed by atoms with van der Waals surface area (Å²) in [5, 5.41) is 7.19. The zero-order chi connectivity index (χ0) is 20.4. The summed E-state index contributed by atoms with van der Waals surface area (Å²) in [4.78, 5) is 20.5. The van der Waals surface area contributed by atoms with E-state index in [-0.39, 0.29) is 18.7 Å². The number of nitrogens with one attached hydrogen (secondary N) is 1. The van der Waals surface area contributed by atoms with Gasteiger partial charge in [-0.15, -0.1) is 0 Å². The first-order chi connectivity index (χ1) is 14.0. The molecular weight excluding hydrogens is 370 g/mol. The minimum atomic E-state index is -1.02. The first-order valence-corrected chi connectivity index (χ1v) is 9.61. The topological polar surface area (TPSA) is 72.4 Å². The highest BCUT2D eigenvalue weighted by molar-refractivity contribution is 6.05. The van der Waals surface area contributed by atoms with Crippen LogP contribution in [-0.4, -0.2) is 49.6 Å². The number of oxime groups is 1. The van der Waals surface area contributed by atoms with Gasteiger partial charge in [-0.2, -0.15) is 0 Å². The fourth-order valence-corrected chi connectivity index (χ4v) is 3.54. The Kier molecular flexibility index (Phi) is 5.15. The molecule has 0 saturated carbocycles. The fourth-order valence-electron chi connectivity index (χ4n) is 3.54. The molecule has 7 heteroatoms. The molecule has 0 aliphatic carbocycles. The van der Waals surface area contributed by atoms with Gasteiger partial charge in [0.15, 0.2) is 11.5 Å². The lowest BCUT2D eigenvalue weighted by Gasteiger charge is -2.27. The monoisotopic (exact) mass is 395 g/mol. The largest absolute Gasteiger partial charge is 0.454 e. The van der Waals surface area contributed by atoms with Crippen molar-refractivity contribution in [2.45, 2.75) is 25.0 Å². The lowest BCUT2D eigenvalue weighted by atomic mass is 9.95. The van der Waals surface area contributed by atoms with E-state index in [0.717, 1.165) is 28.3 Å². The number of carbonyl (C=O) groups is 1. The average Bonchev–Trinajstić information content (AvgIpc) is 3.35. The minimum Gasteiger partial charge on any atom is -0.454 e. The Morgan fingerprint density at radius 1 is 1.17 bits per heavy atom. The van der Waals surface area contributed by atoms with Crippen molar-refractivity contribution in [2.24, 2.45) is 5.16 Å².